The number of thioether (sulfide) groups is 1. The number of hydrogen-bond donors (Lipinski definition) is 1. The summed E-state index contributed by atoms with van der Waals surface area (Å²) in [6.45, 7) is 1.18. The number of rotatable bonds is 2. The molecule has 2 aliphatic heterocycles. The second kappa shape index (κ2) is 6.06. The Kier molecular flexibility index (Phi) is 4.03. The van der Waals surface area contributed by atoms with Crippen molar-refractivity contribution in [1.29, 1.82) is 0 Å². The molecule has 0 aromatic heterocycles. The maximum Gasteiger partial charge on any atom is 0.316 e. The van der Waals surface area contributed by atoms with E-state index >= 15 is 0 Å². The Bertz CT molecular complexity index is 794. The van der Waals surface area contributed by atoms with Gasteiger partial charge in [-0.1, -0.05) is 11.6 Å². The predicted octanol–water partition coefficient (Wildman–Crippen LogP) is 3.65. The number of nitrogens with zero attached hydrogens (tertiary/aromatic N) is 2. The minimum Gasteiger partial charge on any atom is -0.346 e. The monoisotopic (exact) mass is 363 g/mol. The topological polar surface area (TPSA) is 26.5 Å². The zero-order valence-electron chi connectivity index (χ0n) is 13.0. The van der Waals surface area contributed by atoms with Crippen molar-refractivity contribution in [3.05, 3.63) is 64.9 Å². The van der Waals surface area contributed by atoms with Crippen molar-refractivity contribution < 1.29 is 14.1 Å². The molecule has 0 aliphatic carbocycles. The molecule has 24 heavy (non-hydrogen) atoms. The molecule has 2 aromatic carbocycles. The van der Waals surface area contributed by atoms with Crippen molar-refractivity contribution in [2.24, 2.45) is 0 Å². The number of halogens is 2. The lowest BCUT2D eigenvalue weighted by Gasteiger charge is -2.24. The SMILES string of the molecule is O[C@@]1(c2ccc(F)cc2)CN(c2ccc(Cl)cc2)C2=[N+]1CCCS2. The molecule has 0 saturated heterocycles. The Morgan fingerprint density at radius 3 is 2.54 bits per heavy atom. The molecule has 2 aromatic rings. The average Bonchev–Trinajstić information content (AvgIpc) is 2.91. The van der Waals surface area contributed by atoms with Crippen LogP contribution >= 0.6 is 23.4 Å². The first-order valence-electron chi connectivity index (χ1n) is 7.87. The van der Waals surface area contributed by atoms with Gasteiger partial charge in [0.05, 0.1) is 6.54 Å². The van der Waals surface area contributed by atoms with Crippen LogP contribution in [-0.2, 0) is 5.72 Å². The van der Waals surface area contributed by atoms with E-state index < -0.39 is 5.72 Å². The Morgan fingerprint density at radius 2 is 1.83 bits per heavy atom. The molecule has 1 atom stereocenters. The first-order valence-corrected chi connectivity index (χ1v) is 9.23. The minimum absolute atomic E-state index is 0.299. The molecule has 4 rings (SSSR count). The third-order valence-corrected chi connectivity index (χ3v) is 5.93. The van der Waals surface area contributed by atoms with Gasteiger partial charge in [-0.25, -0.2) is 13.9 Å². The van der Waals surface area contributed by atoms with Crippen molar-refractivity contribution in [3.63, 3.8) is 0 Å². The normalized spacial score (nSPS) is 23.5. The molecule has 3 nitrogen and oxygen atoms in total. The van der Waals surface area contributed by atoms with E-state index in [1.807, 2.05) is 28.8 Å². The van der Waals surface area contributed by atoms with Crippen LogP contribution in [0.25, 0.3) is 0 Å². The van der Waals surface area contributed by atoms with Crippen LogP contribution in [0.1, 0.15) is 12.0 Å². The summed E-state index contributed by atoms with van der Waals surface area (Å²) in [5, 5.41) is 13.2. The highest BCUT2D eigenvalue weighted by atomic mass is 35.5. The summed E-state index contributed by atoms with van der Waals surface area (Å²) >= 11 is 7.74. The summed E-state index contributed by atoms with van der Waals surface area (Å²) in [6.07, 6.45) is 1.01. The second-order valence-electron chi connectivity index (χ2n) is 6.02. The number of benzene rings is 2. The van der Waals surface area contributed by atoms with E-state index in [2.05, 4.69) is 4.90 Å². The maximum absolute atomic E-state index is 13.3. The minimum atomic E-state index is -1.16. The highest BCUT2D eigenvalue weighted by Gasteiger charge is 2.53. The molecule has 1 N–H and O–H groups in total. The van der Waals surface area contributed by atoms with Gasteiger partial charge >= 0.3 is 5.17 Å². The predicted molar refractivity (Wildman–Crippen MR) is 96.3 cm³/mol. The lowest BCUT2D eigenvalue weighted by atomic mass is 10.0. The summed E-state index contributed by atoms with van der Waals surface area (Å²) in [6, 6.07) is 13.7. The van der Waals surface area contributed by atoms with E-state index in [9.17, 15) is 9.50 Å². The Morgan fingerprint density at radius 1 is 1.12 bits per heavy atom. The molecule has 2 aliphatic rings. The fourth-order valence-corrected chi connectivity index (χ4v) is 4.59. The van der Waals surface area contributed by atoms with Gasteiger partial charge in [0.25, 0.3) is 5.72 Å². The van der Waals surface area contributed by atoms with Crippen molar-refractivity contribution in [1.82, 2.24) is 0 Å². The van der Waals surface area contributed by atoms with E-state index in [1.54, 1.807) is 23.9 Å². The summed E-state index contributed by atoms with van der Waals surface area (Å²) in [4.78, 5) is 2.11. The van der Waals surface area contributed by atoms with Crippen molar-refractivity contribution in [2.75, 3.05) is 23.7 Å². The van der Waals surface area contributed by atoms with E-state index in [4.69, 9.17) is 11.6 Å². The highest BCUT2D eigenvalue weighted by Crippen LogP contribution is 2.37. The van der Waals surface area contributed by atoms with Gasteiger partial charge in [0.2, 0.25) is 0 Å². The molecule has 0 spiro atoms. The summed E-state index contributed by atoms with van der Waals surface area (Å²) in [5.41, 5.74) is 0.544. The smallest absolute Gasteiger partial charge is 0.316 e. The Balaban J connectivity index is 1.78. The number of β-amino-alcohol motifs (C(OH)–C–C–N with tert-alkyl or cyclic N) is 1. The van der Waals surface area contributed by atoms with Crippen LogP contribution < -0.4 is 4.90 Å². The molecule has 0 fully saturated rings. The van der Waals surface area contributed by atoms with Crippen LogP contribution in [-0.4, -0.2) is 33.7 Å². The molecule has 0 bridgehead atoms. The van der Waals surface area contributed by atoms with Gasteiger partial charge in [-0.3, -0.25) is 0 Å². The zero-order chi connectivity index (χ0) is 16.7. The average molecular weight is 364 g/mol. The van der Waals surface area contributed by atoms with Crippen LogP contribution in [0.2, 0.25) is 5.02 Å². The molecule has 0 radical (unpaired) electrons. The van der Waals surface area contributed by atoms with Gasteiger partial charge < -0.3 is 5.11 Å². The summed E-state index contributed by atoms with van der Waals surface area (Å²) in [7, 11) is 0. The van der Waals surface area contributed by atoms with E-state index in [-0.39, 0.29) is 5.82 Å². The van der Waals surface area contributed by atoms with Crippen LogP contribution in [0.15, 0.2) is 48.5 Å². The zero-order valence-corrected chi connectivity index (χ0v) is 14.5. The standard InChI is InChI=1S/C18H17ClFN2OS/c19-14-4-8-16(9-5-14)21-12-18(23,13-2-6-15(20)7-3-13)22-10-1-11-24-17(21)22/h2-9,23H,1,10-12H2/q+1/t18-/m1/s1. The molecule has 124 valence electrons. The van der Waals surface area contributed by atoms with Gasteiger partial charge in [-0.2, -0.15) is 0 Å². The first-order chi connectivity index (χ1) is 11.6. The molecule has 0 unspecified atom stereocenters. The van der Waals surface area contributed by atoms with Gasteiger partial charge in [-0.15, -0.1) is 0 Å². The number of hydrogen-bond acceptors (Lipinski definition) is 3. The second-order valence-corrected chi connectivity index (χ2v) is 7.52. The van der Waals surface area contributed by atoms with E-state index in [0.29, 0.717) is 17.1 Å². The lowest BCUT2D eigenvalue weighted by Crippen LogP contribution is -2.41. The van der Waals surface area contributed by atoms with Gasteiger partial charge in [-0.05, 0) is 66.7 Å². The largest absolute Gasteiger partial charge is 0.346 e. The number of anilines is 1. The summed E-state index contributed by atoms with van der Waals surface area (Å²) in [5.74, 6) is 0.724. The lowest BCUT2D eigenvalue weighted by molar-refractivity contribution is -0.656. The molecule has 0 saturated carbocycles. The molecule has 6 heteroatoms. The molecular formula is C18H17ClFN2OS+. The van der Waals surface area contributed by atoms with Crippen LogP contribution in [0.5, 0.6) is 0 Å². The first kappa shape index (κ1) is 15.9. The fraction of sp³-hybridized carbons (Fsp3) is 0.278. The Hall–Kier alpha value is -1.56. The van der Waals surface area contributed by atoms with Crippen molar-refractivity contribution >= 4 is 34.2 Å². The van der Waals surface area contributed by atoms with Crippen molar-refractivity contribution in [2.45, 2.75) is 12.1 Å². The third-order valence-electron chi connectivity index (χ3n) is 4.49. The van der Waals surface area contributed by atoms with E-state index in [0.717, 1.165) is 29.6 Å². The van der Waals surface area contributed by atoms with Crippen LogP contribution in [0.4, 0.5) is 10.1 Å². The van der Waals surface area contributed by atoms with E-state index in [1.165, 1.54) is 12.1 Å². The van der Waals surface area contributed by atoms with Gasteiger partial charge in [0, 0.05) is 16.3 Å². The molecule has 0 amide bonds. The third kappa shape index (κ3) is 2.61. The van der Waals surface area contributed by atoms with Crippen LogP contribution in [0, 0.1) is 5.82 Å². The van der Waals surface area contributed by atoms with Gasteiger partial charge in [0.1, 0.15) is 11.5 Å². The maximum atomic E-state index is 13.3. The Labute approximate surface area is 149 Å². The van der Waals surface area contributed by atoms with Crippen molar-refractivity contribution in [3.8, 4) is 0 Å². The highest BCUT2D eigenvalue weighted by molar-refractivity contribution is 8.13. The quantitative estimate of drug-likeness (QED) is 0.825. The number of amidine groups is 1. The number of aliphatic hydroxyl groups is 1. The molecule has 2 heterocycles. The molecular weight excluding hydrogens is 347 g/mol. The fourth-order valence-electron chi connectivity index (χ4n) is 3.29. The summed E-state index contributed by atoms with van der Waals surface area (Å²) < 4.78 is 15.3. The van der Waals surface area contributed by atoms with Gasteiger partial charge in [0.15, 0.2) is 6.54 Å². The van der Waals surface area contributed by atoms with Crippen LogP contribution in [0.3, 0.4) is 0 Å².